The highest BCUT2D eigenvalue weighted by Crippen LogP contribution is 2.16. The Balaban J connectivity index is 1.68. The average molecular weight is 390 g/mol. The molecule has 4 rings (SSSR count). The van der Waals surface area contributed by atoms with Crippen molar-refractivity contribution in [3.8, 4) is 5.69 Å². The van der Waals surface area contributed by atoms with Crippen LogP contribution in [0.1, 0.15) is 36.7 Å². The van der Waals surface area contributed by atoms with Crippen LogP contribution in [0.3, 0.4) is 0 Å². The van der Waals surface area contributed by atoms with Crippen LogP contribution in [-0.4, -0.2) is 46.3 Å². The molecule has 1 atom stereocenters. The quantitative estimate of drug-likeness (QED) is 0.703. The zero-order chi connectivity index (χ0) is 20.2. The summed E-state index contributed by atoms with van der Waals surface area (Å²) in [4.78, 5) is 28.5. The second kappa shape index (κ2) is 8.57. The third kappa shape index (κ3) is 3.93. The zero-order valence-corrected chi connectivity index (χ0v) is 16.7. The molecule has 0 spiro atoms. The maximum absolute atomic E-state index is 13.1. The summed E-state index contributed by atoms with van der Waals surface area (Å²) in [5.74, 6) is -0.247. The highest BCUT2D eigenvalue weighted by Gasteiger charge is 2.22. The van der Waals surface area contributed by atoms with Gasteiger partial charge in [0.05, 0.1) is 11.1 Å². The van der Waals surface area contributed by atoms with E-state index in [4.69, 9.17) is 0 Å². The molecule has 29 heavy (non-hydrogen) atoms. The molecule has 1 saturated heterocycles. The van der Waals surface area contributed by atoms with Gasteiger partial charge in [-0.2, -0.15) is 9.78 Å². The first-order chi connectivity index (χ1) is 14.2. The summed E-state index contributed by atoms with van der Waals surface area (Å²) in [7, 11) is 0. The van der Waals surface area contributed by atoms with E-state index < -0.39 is 0 Å². The lowest BCUT2D eigenvalue weighted by molar-refractivity contribution is 0.0932. The van der Waals surface area contributed by atoms with Gasteiger partial charge in [-0.15, -0.1) is 0 Å². The maximum atomic E-state index is 13.1. The smallest absolute Gasteiger partial charge is 0.279 e. The van der Waals surface area contributed by atoms with Gasteiger partial charge < -0.3 is 5.32 Å². The van der Waals surface area contributed by atoms with Crippen LogP contribution in [0.4, 0.5) is 0 Å². The van der Waals surface area contributed by atoms with Gasteiger partial charge in [-0.1, -0.05) is 43.3 Å². The van der Waals surface area contributed by atoms with E-state index in [2.05, 4.69) is 22.2 Å². The lowest BCUT2D eigenvalue weighted by Crippen LogP contribution is -2.42. The molecule has 6 heteroatoms. The molecule has 1 fully saturated rings. The normalized spacial score (nSPS) is 15.5. The molecule has 150 valence electrons. The summed E-state index contributed by atoms with van der Waals surface area (Å²) in [6.07, 6.45) is 3.43. The number of likely N-dealkylation sites (tertiary alicyclic amines) is 1. The number of amides is 1. The number of rotatable bonds is 6. The number of benzene rings is 2. The SMILES string of the molecule is CCC(CNC(=O)c1nn(-c2ccccc2)c(=O)c2ccccc12)N1CCCC1. The number of fused-ring (bicyclic) bond motifs is 1. The van der Waals surface area contributed by atoms with Crippen molar-refractivity contribution in [2.75, 3.05) is 19.6 Å². The van der Waals surface area contributed by atoms with E-state index in [9.17, 15) is 9.59 Å². The number of hydrogen-bond donors (Lipinski definition) is 1. The molecule has 1 unspecified atom stereocenters. The van der Waals surface area contributed by atoms with Crippen LogP contribution < -0.4 is 10.9 Å². The van der Waals surface area contributed by atoms with E-state index in [1.165, 1.54) is 17.5 Å². The number of nitrogens with zero attached hydrogens (tertiary/aromatic N) is 3. The van der Waals surface area contributed by atoms with Gasteiger partial charge in [0, 0.05) is 18.0 Å². The predicted octanol–water partition coefficient (Wildman–Crippen LogP) is 2.99. The van der Waals surface area contributed by atoms with Crippen LogP contribution in [0.15, 0.2) is 59.4 Å². The van der Waals surface area contributed by atoms with E-state index in [0.717, 1.165) is 19.5 Å². The average Bonchev–Trinajstić information content (AvgIpc) is 3.30. The molecule has 0 radical (unpaired) electrons. The Labute approximate surface area is 170 Å². The topological polar surface area (TPSA) is 67.2 Å². The van der Waals surface area contributed by atoms with E-state index in [1.54, 1.807) is 18.2 Å². The number of para-hydroxylation sites is 1. The Kier molecular flexibility index (Phi) is 5.71. The summed E-state index contributed by atoms with van der Waals surface area (Å²) >= 11 is 0. The second-order valence-electron chi connectivity index (χ2n) is 7.46. The van der Waals surface area contributed by atoms with Crippen molar-refractivity contribution < 1.29 is 4.79 Å². The van der Waals surface area contributed by atoms with E-state index in [-0.39, 0.29) is 17.2 Å². The highest BCUT2D eigenvalue weighted by atomic mass is 16.2. The van der Waals surface area contributed by atoms with Crippen LogP contribution in [0.5, 0.6) is 0 Å². The molecule has 3 aromatic rings. The first-order valence-electron chi connectivity index (χ1n) is 10.3. The fourth-order valence-electron chi connectivity index (χ4n) is 4.03. The highest BCUT2D eigenvalue weighted by molar-refractivity contribution is 6.04. The van der Waals surface area contributed by atoms with Gasteiger partial charge in [0.2, 0.25) is 0 Å². The Morgan fingerprint density at radius 2 is 1.69 bits per heavy atom. The van der Waals surface area contributed by atoms with Crippen molar-refractivity contribution in [1.82, 2.24) is 20.0 Å². The minimum absolute atomic E-state index is 0.230. The van der Waals surface area contributed by atoms with Crippen LogP contribution in [0, 0.1) is 0 Å². The Morgan fingerprint density at radius 3 is 2.38 bits per heavy atom. The molecule has 1 aliphatic rings. The Hall–Kier alpha value is -2.99. The standard InChI is InChI=1S/C23H26N4O2/c1-2-17(26-14-8-9-15-26)16-24-22(28)21-19-12-6-7-13-20(19)23(29)27(25-21)18-10-4-3-5-11-18/h3-7,10-13,17H,2,8-9,14-16H2,1H3,(H,24,28). The van der Waals surface area contributed by atoms with Gasteiger partial charge in [-0.05, 0) is 50.6 Å². The molecule has 6 nitrogen and oxygen atoms in total. The zero-order valence-electron chi connectivity index (χ0n) is 16.7. The van der Waals surface area contributed by atoms with Crippen molar-refractivity contribution in [1.29, 1.82) is 0 Å². The number of hydrogen-bond acceptors (Lipinski definition) is 4. The summed E-state index contributed by atoms with van der Waals surface area (Å²) in [6.45, 7) is 4.91. The molecule has 1 amide bonds. The monoisotopic (exact) mass is 390 g/mol. The molecule has 2 aromatic carbocycles. The lowest BCUT2D eigenvalue weighted by atomic mass is 10.1. The number of nitrogens with one attached hydrogen (secondary N) is 1. The van der Waals surface area contributed by atoms with Crippen molar-refractivity contribution in [2.24, 2.45) is 0 Å². The molecule has 0 bridgehead atoms. The summed E-state index contributed by atoms with van der Waals surface area (Å²) in [5.41, 5.74) is 0.688. The predicted molar refractivity (Wildman–Crippen MR) is 115 cm³/mol. The van der Waals surface area contributed by atoms with Crippen molar-refractivity contribution in [2.45, 2.75) is 32.2 Å². The minimum atomic E-state index is -0.247. The summed E-state index contributed by atoms with van der Waals surface area (Å²) in [5, 5.41) is 8.58. The molecule has 0 saturated carbocycles. The molecule has 1 aliphatic heterocycles. The van der Waals surface area contributed by atoms with Gasteiger partial charge in [0.25, 0.3) is 11.5 Å². The Morgan fingerprint density at radius 1 is 1.03 bits per heavy atom. The van der Waals surface area contributed by atoms with Gasteiger partial charge in [-0.25, -0.2) is 0 Å². The fraction of sp³-hybridized carbons (Fsp3) is 0.348. The van der Waals surface area contributed by atoms with E-state index in [1.807, 2.05) is 36.4 Å². The van der Waals surface area contributed by atoms with Gasteiger partial charge in [0.15, 0.2) is 5.69 Å². The van der Waals surface area contributed by atoms with E-state index in [0.29, 0.717) is 29.0 Å². The summed E-state index contributed by atoms with van der Waals surface area (Å²) in [6, 6.07) is 16.7. The van der Waals surface area contributed by atoms with Crippen LogP contribution in [-0.2, 0) is 0 Å². The van der Waals surface area contributed by atoms with Crippen molar-refractivity contribution >= 4 is 16.7 Å². The van der Waals surface area contributed by atoms with Gasteiger partial charge >= 0.3 is 0 Å². The largest absolute Gasteiger partial charge is 0.349 e. The number of aromatic nitrogens is 2. The maximum Gasteiger partial charge on any atom is 0.279 e. The molecular formula is C23H26N4O2. The number of carbonyl (C=O) groups is 1. The van der Waals surface area contributed by atoms with Crippen LogP contribution >= 0.6 is 0 Å². The van der Waals surface area contributed by atoms with Crippen LogP contribution in [0.2, 0.25) is 0 Å². The van der Waals surface area contributed by atoms with Gasteiger partial charge in [-0.3, -0.25) is 14.5 Å². The molecular weight excluding hydrogens is 364 g/mol. The van der Waals surface area contributed by atoms with Crippen molar-refractivity contribution in [3.63, 3.8) is 0 Å². The van der Waals surface area contributed by atoms with Crippen LogP contribution in [0.25, 0.3) is 16.5 Å². The first kappa shape index (κ1) is 19.3. The third-order valence-corrected chi connectivity index (χ3v) is 5.65. The molecule has 2 heterocycles. The first-order valence-corrected chi connectivity index (χ1v) is 10.3. The Bertz CT molecular complexity index is 1060. The molecule has 0 aliphatic carbocycles. The lowest BCUT2D eigenvalue weighted by Gasteiger charge is -2.26. The fourth-order valence-corrected chi connectivity index (χ4v) is 4.03. The van der Waals surface area contributed by atoms with E-state index >= 15 is 0 Å². The molecule has 1 N–H and O–H groups in total. The summed E-state index contributed by atoms with van der Waals surface area (Å²) < 4.78 is 1.31. The third-order valence-electron chi connectivity index (χ3n) is 5.65. The molecule has 1 aromatic heterocycles. The van der Waals surface area contributed by atoms with Crippen molar-refractivity contribution in [3.05, 3.63) is 70.6 Å². The minimum Gasteiger partial charge on any atom is -0.349 e. The second-order valence-corrected chi connectivity index (χ2v) is 7.46. The number of carbonyl (C=O) groups excluding carboxylic acids is 1. The van der Waals surface area contributed by atoms with Gasteiger partial charge in [0.1, 0.15) is 0 Å².